The molecule has 3 heteroatoms. The van der Waals surface area contributed by atoms with Crippen molar-refractivity contribution in [2.75, 3.05) is 52.9 Å². The third kappa shape index (κ3) is 4.04. The van der Waals surface area contributed by atoms with Crippen LogP contribution in [0, 0.1) is 11.3 Å². The smallest absolute Gasteiger partial charge is 0.0237 e. The molecule has 0 aromatic heterocycles. The van der Waals surface area contributed by atoms with Crippen molar-refractivity contribution >= 4 is 0 Å². The maximum absolute atomic E-state index is 2.75. The van der Waals surface area contributed by atoms with Gasteiger partial charge in [0, 0.05) is 37.6 Å². The standard InChI is InChI=1S/C15H29N3.C4H10/c1-4-17-7-5-14(6-8-17)9-18-12-15(13(18)2)10-16(3)11-15;1-3-4-2/h13-14H,4-12H2,1-3H3;3-4H2,1-2H3. The topological polar surface area (TPSA) is 9.72 Å². The molecule has 3 aliphatic rings. The molecule has 3 nitrogen and oxygen atoms in total. The number of hydrogen-bond acceptors (Lipinski definition) is 3. The van der Waals surface area contributed by atoms with Crippen LogP contribution in [0.4, 0.5) is 0 Å². The van der Waals surface area contributed by atoms with Gasteiger partial charge in [-0.1, -0.05) is 33.6 Å². The maximum Gasteiger partial charge on any atom is 0.0237 e. The van der Waals surface area contributed by atoms with Gasteiger partial charge in [-0.15, -0.1) is 0 Å². The van der Waals surface area contributed by atoms with E-state index in [1.54, 1.807) is 0 Å². The quantitative estimate of drug-likeness (QED) is 0.790. The molecule has 1 spiro atoms. The number of piperidine rings is 1. The Morgan fingerprint density at radius 1 is 0.955 bits per heavy atom. The van der Waals surface area contributed by atoms with Crippen molar-refractivity contribution in [3.63, 3.8) is 0 Å². The Morgan fingerprint density at radius 2 is 1.55 bits per heavy atom. The highest BCUT2D eigenvalue weighted by Crippen LogP contribution is 2.45. The number of likely N-dealkylation sites (tertiary alicyclic amines) is 3. The van der Waals surface area contributed by atoms with Crippen molar-refractivity contribution in [1.29, 1.82) is 0 Å². The SMILES string of the molecule is CCCC.CCN1CCC(CN2CC3(CN(C)C3)C2C)CC1. The van der Waals surface area contributed by atoms with E-state index in [-0.39, 0.29) is 0 Å². The van der Waals surface area contributed by atoms with Crippen LogP contribution in [0.2, 0.25) is 0 Å². The van der Waals surface area contributed by atoms with Crippen molar-refractivity contribution < 1.29 is 0 Å². The minimum absolute atomic E-state index is 0.679. The summed E-state index contributed by atoms with van der Waals surface area (Å²) in [6, 6.07) is 0.831. The Hall–Kier alpha value is -0.120. The summed E-state index contributed by atoms with van der Waals surface area (Å²) in [4.78, 5) is 7.81. The van der Waals surface area contributed by atoms with E-state index in [2.05, 4.69) is 49.4 Å². The van der Waals surface area contributed by atoms with Gasteiger partial charge >= 0.3 is 0 Å². The zero-order chi connectivity index (χ0) is 16.2. The van der Waals surface area contributed by atoms with Gasteiger partial charge in [0.1, 0.15) is 0 Å². The Bertz CT molecular complexity index is 315. The van der Waals surface area contributed by atoms with Gasteiger partial charge in [0.05, 0.1) is 0 Å². The minimum atomic E-state index is 0.679. The minimum Gasteiger partial charge on any atom is -0.305 e. The molecule has 0 aliphatic carbocycles. The first kappa shape index (κ1) is 18.2. The molecule has 0 aromatic carbocycles. The molecule has 0 bridgehead atoms. The van der Waals surface area contributed by atoms with Gasteiger partial charge in [-0.25, -0.2) is 0 Å². The summed E-state index contributed by atoms with van der Waals surface area (Å²) in [5.41, 5.74) is 0.679. The molecule has 3 heterocycles. The van der Waals surface area contributed by atoms with Crippen molar-refractivity contribution in [3.8, 4) is 0 Å². The van der Waals surface area contributed by atoms with Gasteiger partial charge in [0.2, 0.25) is 0 Å². The van der Waals surface area contributed by atoms with Crippen LogP contribution < -0.4 is 0 Å². The van der Waals surface area contributed by atoms with Gasteiger partial charge in [-0.3, -0.25) is 4.90 Å². The van der Waals surface area contributed by atoms with E-state index < -0.39 is 0 Å². The van der Waals surface area contributed by atoms with Crippen LogP contribution >= 0.6 is 0 Å². The van der Waals surface area contributed by atoms with E-state index in [1.165, 1.54) is 71.5 Å². The normalized spacial score (nSPS) is 29.6. The highest BCUT2D eigenvalue weighted by molar-refractivity contribution is 5.10. The molecule has 0 N–H and O–H groups in total. The van der Waals surface area contributed by atoms with Gasteiger partial charge in [-0.05, 0) is 52.4 Å². The molecule has 0 aromatic rings. The zero-order valence-corrected chi connectivity index (χ0v) is 15.8. The van der Waals surface area contributed by atoms with E-state index in [0.717, 1.165) is 12.0 Å². The molecule has 0 radical (unpaired) electrons. The summed E-state index contributed by atoms with van der Waals surface area (Å²) >= 11 is 0. The summed E-state index contributed by atoms with van der Waals surface area (Å²) in [5.74, 6) is 0.963. The third-order valence-electron chi connectivity index (χ3n) is 6.27. The molecule has 130 valence electrons. The van der Waals surface area contributed by atoms with E-state index >= 15 is 0 Å². The fourth-order valence-electron chi connectivity index (χ4n) is 4.38. The highest BCUT2D eigenvalue weighted by atomic mass is 15.3. The van der Waals surface area contributed by atoms with Gasteiger partial charge in [0.25, 0.3) is 0 Å². The Kier molecular flexibility index (Phi) is 6.73. The van der Waals surface area contributed by atoms with E-state index in [1.807, 2.05) is 0 Å². The largest absolute Gasteiger partial charge is 0.305 e. The van der Waals surface area contributed by atoms with Crippen LogP contribution in [0.3, 0.4) is 0 Å². The molecule has 22 heavy (non-hydrogen) atoms. The average molecular weight is 310 g/mol. The summed E-state index contributed by atoms with van der Waals surface area (Å²) in [6.45, 7) is 18.4. The number of hydrogen-bond donors (Lipinski definition) is 0. The fraction of sp³-hybridized carbons (Fsp3) is 1.00. The molecule has 3 saturated heterocycles. The van der Waals surface area contributed by atoms with Crippen molar-refractivity contribution in [2.24, 2.45) is 11.3 Å². The molecule has 1 unspecified atom stereocenters. The van der Waals surface area contributed by atoms with Crippen LogP contribution in [0.25, 0.3) is 0 Å². The molecule has 3 aliphatic heterocycles. The average Bonchev–Trinajstić information content (AvgIpc) is 2.53. The van der Waals surface area contributed by atoms with E-state index in [9.17, 15) is 0 Å². The molecule has 0 saturated carbocycles. The van der Waals surface area contributed by atoms with E-state index in [4.69, 9.17) is 0 Å². The molecular formula is C19H39N3. The van der Waals surface area contributed by atoms with E-state index in [0.29, 0.717) is 5.41 Å². The zero-order valence-electron chi connectivity index (χ0n) is 15.8. The number of nitrogens with zero attached hydrogens (tertiary/aromatic N) is 3. The van der Waals surface area contributed by atoms with Gasteiger partial charge < -0.3 is 9.80 Å². The first-order valence-electron chi connectivity index (χ1n) is 9.69. The third-order valence-corrected chi connectivity index (χ3v) is 6.27. The van der Waals surface area contributed by atoms with Gasteiger partial charge in [-0.2, -0.15) is 0 Å². The first-order chi connectivity index (χ1) is 10.5. The Labute approximate surface area is 139 Å². The van der Waals surface area contributed by atoms with Crippen LogP contribution in [-0.4, -0.2) is 73.6 Å². The summed E-state index contributed by atoms with van der Waals surface area (Å²) in [6.07, 6.45) is 5.48. The second-order valence-electron chi connectivity index (χ2n) is 8.02. The highest BCUT2D eigenvalue weighted by Gasteiger charge is 2.55. The van der Waals surface area contributed by atoms with Crippen molar-refractivity contribution in [1.82, 2.24) is 14.7 Å². The Morgan fingerprint density at radius 3 is 1.95 bits per heavy atom. The van der Waals surface area contributed by atoms with Crippen LogP contribution in [-0.2, 0) is 0 Å². The van der Waals surface area contributed by atoms with Crippen LogP contribution in [0.5, 0.6) is 0 Å². The molecule has 1 atom stereocenters. The summed E-state index contributed by atoms with van der Waals surface area (Å²) < 4.78 is 0. The first-order valence-corrected chi connectivity index (χ1v) is 9.69. The lowest BCUT2D eigenvalue weighted by atomic mass is 9.66. The molecule has 3 rings (SSSR count). The maximum atomic E-state index is 2.75. The Balaban J connectivity index is 0.000000396. The number of rotatable bonds is 4. The summed E-state index contributed by atoms with van der Waals surface area (Å²) in [5, 5.41) is 0. The second-order valence-corrected chi connectivity index (χ2v) is 8.02. The monoisotopic (exact) mass is 309 g/mol. The van der Waals surface area contributed by atoms with Crippen molar-refractivity contribution in [3.05, 3.63) is 0 Å². The lowest BCUT2D eigenvalue weighted by Gasteiger charge is -2.65. The second kappa shape index (κ2) is 8.12. The lowest BCUT2D eigenvalue weighted by molar-refractivity contribution is -0.156. The molecule has 3 fully saturated rings. The van der Waals surface area contributed by atoms with Gasteiger partial charge in [0.15, 0.2) is 0 Å². The molecule has 0 amide bonds. The fourth-order valence-corrected chi connectivity index (χ4v) is 4.38. The predicted molar refractivity (Wildman–Crippen MR) is 96.4 cm³/mol. The lowest BCUT2D eigenvalue weighted by Crippen LogP contribution is -2.76. The van der Waals surface area contributed by atoms with Crippen molar-refractivity contribution in [2.45, 2.75) is 59.4 Å². The molecular weight excluding hydrogens is 270 g/mol. The number of unbranched alkanes of at least 4 members (excludes halogenated alkanes) is 1. The van der Waals surface area contributed by atoms with Crippen LogP contribution in [0.15, 0.2) is 0 Å². The van der Waals surface area contributed by atoms with Crippen LogP contribution in [0.1, 0.15) is 53.4 Å². The predicted octanol–water partition coefficient (Wildman–Crippen LogP) is 3.16. The summed E-state index contributed by atoms with van der Waals surface area (Å²) in [7, 11) is 2.25.